The summed E-state index contributed by atoms with van der Waals surface area (Å²) in [6.07, 6.45) is 9.29. The molecule has 4 aromatic carbocycles. The van der Waals surface area contributed by atoms with Crippen molar-refractivity contribution < 1.29 is 24.2 Å². The minimum absolute atomic E-state index is 0. The van der Waals surface area contributed by atoms with Crippen LogP contribution in [0.25, 0.3) is 11.1 Å². The van der Waals surface area contributed by atoms with Crippen LogP contribution in [-0.2, 0) is 30.7 Å². The van der Waals surface area contributed by atoms with Crippen LogP contribution in [0.3, 0.4) is 0 Å². The molecule has 0 bridgehead atoms. The van der Waals surface area contributed by atoms with E-state index in [1.165, 1.54) is 66.4 Å². The van der Waals surface area contributed by atoms with Gasteiger partial charge in [0.05, 0.1) is 0 Å². The zero-order valence-corrected chi connectivity index (χ0v) is 23.8. The average molecular weight is 575 g/mol. The Bertz CT molecular complexity index is 1190. The summed E-state index contributed by atoms with van der Waals surface area (Å²) < 4.78 is 1.42. The molecular weight excluding hydrogens is 546 g/mol. The number of benzene rings is 4. The third-order valence-corrected chi connectivity index (χ3v) is 7.03. The topological polar surface area (TPSA) is 0 Å². The van der Waals surface area contributed by atoms with Gasteiger partial charge in [0.2, 0.25) is 0 Å². The van der Waals surface area contributed by atoms with E-state index in [4.69, 9.17) is 0 Å². The first-order valence-corrected chi connectivity index (χ1v) is 12.5. The molecule has 0 atom stereocenters. The zero-order valence-electron chi connectivity index (χ0n) is 19.7. The fourth-order valence-corrected chi connectivity index (χ4v) is 4.69. The molecule has 0 aromatic heterocycles. The number of halogens is 2. The van der Waals surface area contributed by atoms with E-state index >= 15 is 0 Å². The molecule has 0 saturated carbocycles. The summed E-state index contributed by atoms with van der Waals surface area (Å²) in [7, 11) is 0. The smallest absolute Gasteiger partial charge is 0.0253 e. The zero-order chi connectivity index (χ0) is 22.9. The van der Waals surface area contributed by atoms with Gasteiger partial charge in [-0.25, -0.2) is 11.6 Å². The fourth-order valence-electron chi connectivity index (χ4n) is 3.87. The Balaban J connectivity index is 0.000000192. The van der Waals surface area contributed by atoms with Crippen LogP contribution in [0.15, 0.2) is 121 Å². The normalized spacial score (nSPS) is 11.7. The molecule has 3 heteroatoms. The molecular formula is C32H28Cl2Zr. The van der Waals surface area contributed by atoms with Crippen LogP contribution in [0.5, 0.6) is 0 Å². The minimum Gasteiger partial charge on any atom is -0.179 e. The number of rotatable bonds is 2. The maximum atomic E-state index is 3.30. The van der Waals surface area contributed by atoms with Crippen molar-refractivity contribution in [3.63, 3.8) is 0 Å². The van der Waals surface area contributed by atoms with Crippen LogP contribution in [0.2, 0.25) is 0 Å². The van der Waals surface area contributed by atoms with Gasteiger partial charge in [-0.3, -0.25) is 6.08 Å². The molecule has 0 amide bonds. The van der Waals surface area contributed by atoms with E-state index in [-0.39, 0.29) is 24.8 Å². The average Bonchev–Trinajstić information content (AvgIpc) is 3.52. The third-order valence-electron chi connectivity index (χ3n) is 5.61. The van der Waals surface area contributed by atoms with Crippen LogP contribution in [0.4, 0.5) is 0 Å². The summed E-state index contributed by atoms with van der Waals surface area (Å²) in [4.78, 5) is 0. The van der Waals surface area contributed by atoms with Gasteiger partial charge < -0.3 is 0 Å². The van der Waals surface area contributed by atoms with Crippen molar-refractivity contribution in [2.24, 2.45) is 0 Å². The van der Waals surface area contributed by atoms with Gasteiger partial charge in [-0.2, -0.15) is 35.9 Å². The first-order chi connectivity index (χ1) is 16.2. The molecule has 6 rings (SSSR count). The van der Waals surface area contributed by atoms with E-state index in [1.54, 1.807) is 0 Å². The predicted octanol–water partition coefficient (Wildman–Crippen LogP) is 8.40. The molecule has 0 fully saturated rings. The standard InChI is InChI=1S/C13H9.C13H10.C6H7.2ClH.Zr/c1-3-7-12-10(5-1)9-11-6-2-4-8-13(11)12;1-3-7-12(8-4-1)11-13-9-5-2-6-10-13;1-6-4-2-3-5-6;;;/h1-5,7-8H,9H2;1-10H;4-5H,2H2,1H3;2*1H;/q-1;;-1;;;+2. The number of hydrogen-bond donors (Lipinski definition) is 0. The number of allylic oxidation sites excluding steroid dienone is 4. The van der Waals surface area contributed by atoms with Crippen molar-refractivity contribution >= 4 is 28.0 Å². The maximum absolute atomic E-state index is 3.30. The molecule has 4 aromatic rings. The molecule has 0 N–H and O–H groups in total. The van der Waals surface area contributed by atoms with Crippen molar-refractivity contribution in [1.82, 2.24) is 0 Å². The summed E-state index contributed by atoms with van der Waals surface area (Å²) in [5.74, 6) is 0. The minimum atomic E-state index is 0. The Morgan fingerprint density at radius 2 is 1.29 bits per heavy atom. The second-order valence-electron chi connectivity index (χ2n) is 8.00. The summed E-state index contributed by atoms with van der Waals surface area (Å²) in [5.41, 5.74) is 9.51. The number of hydrogen-bond acceptors (Lipinski definition) is 0. The van der Waals surface area contributed by atoms with Gasteiger partial charge in [0.15, 0.2) is 0 Å². The van der Waals surface area contributed by atoms with E-state index in [2.05, 4.69) is 122 Å². The Kier molecular flexibility index (Phi) is 12.4. The predicted molar refractivity (Wildman–Crippen MR) is 150 cm³/mol. The molecule has 174 valence electrons. The van der Waals surface area contributed by atoms with Gasteiger partial charge in [-0.1, -0.05) is 35.4 Å². The summed E-state index contributed by atoms with van der Waals surface area (Å²) in [5, 5.41) is 0. The second-order valence-corrected chi connectivity index (χ2v) is 9.23. The van der Waals surface area contributed by atoms with Crippen LogP contribution in [-0.4, -0.2) is 3.21 Å². The molecule has 0 spiro atoms. The Morgan fingerprint density at radius 3 is 1.83 bits per heavy atom. The van der Waals surface area contributed by atoms with Crippen molar-refractivity contribution in [2.75, 3.05) is 0 Å². The Hall–Kier alpha value is -2.31. The molecule has 35 heavy (non-hydrogen) atoms. The van der Waals surface area contributed by atoms with Crippen LogP contribution in [0, 0.1) is 12.1 Å². The van der Waals surface area contributed by atoms with Gasteiger partial charge >= 0.3 is 99.2 Å². The second kappa shape index (κ2) is 14.9. The van der Waals surface area contributed by atoms with E-state index in [1.807, 2.05) is 12.1 Å². The van der Waals surface area contributed by atoms with Crippen molar-refractivity contribution in [2.45, 2.75) is 19.8 Å². The van der Waals surface area contributed by atoms with E-state index in [0.717, 1.165) is 12.8 Å². The van der Waals surface area contributed by atoms with Gasteiger partial charge in [-0.05, 0) is 6.42 Å². The first-order valence-electron chi connectivity index (χ1n) is 11.2. The van der Waals surface area contributed by atoms with E-state index < -0.39 is 0 Å². The van der Waals surface area contributed by atoms with Gasteiger partial charge in [0.1, 0.15) is 0 Å². The van der Waals surface area contributed by atoms with E-state index in [9.17, 15) is 0 Å². The molecule has 0 saturated heterocycles. The fraction of sp³-hybridized carbons (Fsp3) is 0.0938. The molecule has 0 radical (unpaired) electrons. The molecule has 2 aliphatic carbocycles. The Morgan fingerprint density at radius 1 is 0.714 bits per heavy atom. The summed E-state index contributed by atoms with van der Waals surface area (Å²) in [6.45, 7) is 2.08. The van der Waals surface area contributed by atoms with Crippen LogP contribution < -0.4 is 0 Å². The molecule has 0 heterocycles. The van der Waals surface area contributed by atoms with Crippen LogP contribution >= 0.6 is 24.8 Å². The first kappa shape index (κ1) is 28.9. The molecule has 0 aliphatic heterocycles. The Labute approximate surface area is 237 Å². The van der Waals surface area contributed by atoms with Gasteiger partial charge in [0.25, 0.3) is 0 Å². The summed E-state index contributed by atoms with van der Waals surface area (Å²) >= 11 is 1.46. The molecule has 0 unspecified atom stereocenters. The summed E-state index contributed by atoms with van der Waals surface area (Å²) in [6, 6.07) is 39.2. The monoisotopic (exact) mass is 572 g/mol. The van der Waals surface area contributed by atoms with E-state index in [0.29, 0.717) is 0 Å². The van der Waals surface area contributed by atoms with Gasteiger partial charge in [-0.15, -0.1) is 43.7 Å². The van der Waals surface area contributed by atoms with Crippen LogP contribution in [0.1, 0.15) is 35.6 Å². The van der Waals surface area contributed by atoms with Crippen molar-refractivity contribution in [3.8, 4) is 11.1 Å². The van der Waals surface area contributed by atoms with Gasteiger partial charge in [0, 0.05) is 0 Å². The number of fused-ring (bicyclic) bond motifs is 3. The van der Waals surface area contributed by atoms with Crippen molar-refractivity contribution in [3.05, 3.63) is 155 Å². The SMILES string of the molecule is CC1=CC[C-]=C1.Cl.Cl.[Zr+2]=[C](c1ccccc1)c1ccccc1.[c-]1cccc2c1Cc1ccccc1-2. The third kappa shape index (κ3) is 8.11. The van der Waals surface area contributed by atoms with Crippen molar-refractivity contribution in [1.29, 1.82) is 0 Å². The maximum Gasteiger partial charge on any atom is -0.0253 e. The largest absolute Gasteiger partial charge is 0.179 e. The molecule has 2 aliphatic rings. The quantitative estimate of drug-likeness (QED) is 0.186. The molecule has 0 nitrogen and oxygen atoms in total.